The fraction of sp³-hybridized carbons (Fsp3) is 0.417. The summed E-state index contributed by atoms with van der Waals surface area (Å²) >= 11 is 0. The Hall–Kier alpha value is -3.46. The summed E-state index contributed by atoms with van der Waals surface area (Å²) in [6, 6.07) is 12.4. The Bertz CT molecular complexity index is 1080. The number of amides is 1. The lowest BCUT2D eigenvalue weighted by atomic mass is 9.87. The van der Waals surface area contributed by atoms with E-state index in [1.165, 1.54) is 11.1 Å². The summed E-state index contributed by atoms with van der Waals surface area (Å²) in [7, 11) is 1.84. The molecule has 0 bridgehead atoms. The smallest absolute Gasteiger partial charge is 0.290 e. The molecule has 2 aromatic heterocycles. The van der Waals surface area contributed by atoms with Crippen LogP contribution in [0.1, 0.15) is 27.7 Å². The predicted molar refractivity (Wildman–Crippen MR) is 123 cm³/mol. The largest absolute Gasteiger partial charge is 0.483 e. The first kappa shape index (κ1) is 22.7. The monoisotopic (exact) mass is 450 g/mol. The molecule has 9 heteroatoms. The zero-order valence-corrected chi connectivity index (χ0v) is 19.0. The molecule has 3 aromatic rings. The summed E-state index contributed by atoms with van der Waals surface area (Å²) in [5.74, 6) is 1.02. The number of carbonyl (C=O) groups excluding carboxylic acids is 1. The summed E-state index contributed by atoms with van der Waals surface area (Å²) in [6.07, 6.45) is 5.54. The van der Waals surface area contributed by atoms with Crippen molar-refractivity contribution in [2.24, 2.45) is 18.9 Å². The van der Waals surface area contributed by atoms with Gasteiger partial charge in [-0.25, -0.2) is 0 Å². The highest BCUT2D eigenvalue weighted by molar-refractivity contribution is 5.93. The van der Waals surface area contributed by atoms with Gasteiger partial charge in [0.1, 0.15) is 5.69 Å². The molecule has 0 unspecified atom stereocenters. The van der Waals surface area contributed by atoms with Crippen molar-refractivity contribution in [3.63, 3.8) is 0 Å². The van der Waals surface area contributed by atoms with Crippen LogP contribution in [0.4, 0.5) is 0 Å². The molecule has 0 saturated carbocycles. The third-order valence-electron chi connectivity index (χ3n) is 6.75. The first-order valence-corrected chi connectivity index (χ1v) is 11.2. The second kappa shape index (κ2) is 9.99. The Labute approximate surface area is 193 Å². The van der Waals surface area contributed by atoms with Crippen LogP contribution in [0.5, 0.6) is 0 Å². The van der Waals surface area contributed by atoms with Crippen LogP contribution in [0.2, 0.25) is 0 Å². The molecular formula is C24H30N6O3. The number of aromatic nitrogens is 4. The maximum absolute atomic E-state index is 13.5. The minimum Gasteiger partial charge on any atom is -0.483 e. The number of carboxylic acid groups (broad SMARTS) is 1. The van der Waals surface area contributed by atoms with Gasteiger partial charge in [0.25, 0.3) is 12.4 Å². The second-order valence-electron chi connectivity index (χ2n) is 8.66. The first-order chi connectivity index (χ1) is 16.0. The van der Waals surface area contributed by atoms with Crippen LogP contribution in [0.15, 0.2) is 55.0 Å². The quantitative estimate of drug-likeness (QED) is 0.598. The van der Waals surface area contributed by atoms with E-state index in [-0.39, 0.29) is 18.4 Å². The van der Waals surface area contributed by atoms with Gasteiger partial charge in [-0.05, 0) is 36.1 Å². The third kappa shape index (κ3) is 4.68. The lowest BCUT2D eigenvalue weighted by Crippen LogP contribution is -2.37. The molecule has 2 aliphatic rings. The summed E-state index contributed by atoms with van der Waals surface area (Å²) in [5.41, 5.74) is 3.18. The average molecular weight is 451 g/mol. The summed E-state index contributed by atoms with van der Waals surface area (Å²) in [5, 5.41) is 15.4. The molecular weight excluding hydrogens is 420 g/mol. The van der Waals surface area contributed by atoms with E-state index >= 15 is 0 Å². The molecule has 0 radical (unpaired) electrons. The Balaban J connectivity index is 0.000000821. The van der Waals surface area contributed by atoms with Gasteiger partial charge in [0.2, 0.25) is 0 Å². The minimum atomic E-state index is -0.250. The van der Waals surface area contributed by atoms with Crippen molar-refractivity contribution < 1.29 is 14.7 Å². The van der Waals surface area contributed by atoms with Gasteiger partial charge in [0.15, 0.2) is 0 Å². The summed E-state index contributed by atoms with van der Waals surface area (Å²) in [6.45, 7) is 6.64. The summed E-state index contributed by atoms with van der Waals surface area (Å²) < 4.78 is 3.67. The number of benzene rings is 1. The van der Waals surface area contributed by atoms with E-state index in [0.717, 1.165) is 32.7 Å². The molecule has 3 atom stereocenters. The van der Waals surface area contributed by atoms with Crippen LogP contribution < -0.4 is 0 Å². The van der Waals surface area contributed by atoms with Gasteiger partial charge in [-0.15, -0.1) is 0 Å². The van der Waals surface area contributed by atoms with Gasteiger partial charge in [0.05, 0.1) is 12.6 Å². The van der Waals surface area contributed by atoms with Gasteiger partial charge in [-0.1, -0.05) is 24.3 Å². The number of carbonyl (C=O) groups is 2. The molecule has 1 amide bonds. The van der Waals surface area contributed by atoms with E-state index in [4.69, 9.17) is 9.90 Å². The van der Waals surface area contributed by atoms with Crippen molar-refractivity contribution in [1.82, 2.24) is 29.4 Å². The van der Waals surface area contributed by atoms with E-state index in [2.05, 4.69) is 51.2 Å². The molecule has 0 spiro atoms. The first-order valence-electron chi connectivity index (χ1n) is 11.2. The normalized spacial score (nSPS) is 22.0. The van der Waals surface area contributed by atoms with Crippen molar-refractivity contribution in [1.29, 1.82) is 0 Å². The van der Waals surface area contributed by atoms with Crippen molar-refractivity contribution in [3.05, 3.63) is 71.8 Å². The molecule has 1 N–H and O–H groups in total. The third-order valence-corrected chi connectivity index (χ3v) is 6.75. The zero-order valence-electron chi connectivity index (χ0n) is 19.0. The zero-order chi connectivity index (χ0) is 23.4. The molecule has 5 rings (SSSR count). The van der Waals surface area contributed by atoms with E-state index in [9.17, 15) is 4.79 Å². The topological polar surface area (TPSA) is 96.5 Å². The lowest BCUT2D eigenvalue weighted by Gasteiger charge is -2.31. The Morgan fingerprint density at radius 3 is 2.55 bits per heavy atom. The van der Waals surface area contributed by atoms with Crippen molar-refractivity contribution in [2.75, 3.05) is 26.2 Å². The Kier molecular flexibility index (Phi) is 6.88. The standard InChI is InChI=1S/C23H28N6O.CH2O2/c1-17-6-3-4-7-19(17)22-20-16-27(12-13-28-11-5-9-25-28)14-18(20)15-29(22)23(30)21-8-10-24-26(21)2;2-1-3/h3-11,18,20,22H,12-16H2,1-2H3;1H,(H,2,3)/t18-,20-,22+;/m0./s1. The van der Waals surface area contributed by atoms with Gasteiger partial charge < -0.3 is 14.9 Å². The molecule has 0 aliphatic carbocycles. The predicted octanol–water partition coefficient (Wildman–Crippen LogP) is 2.07. The van der Waals surface area contributed by atoms with E-state index < -0.39 is 0 Å². The number of fused-ring (bicyclic) bond motifs is 1. The molecule has 2 saturated heterocycles. The molecule has 174 valence electrons. The fourth-order valence-corrected chi connectivity index (χ4v) is 5.25. The maximum Gasteiger partial charge on any atom is 0.290 e. The number of nitrogens with zero attached hydrogens (tertiary/aromatic N) is 6. The number of rotatable bonds is 5. The maximum atomic E-state index is 13.5. The highest BCUT2D eigenvalue weighted by atomic mass is 16.3. The van der Waals surface area contributed by atoms with Gasteiger partial charge in [0, 0.05) is 57.7 Å². The average Bonchev–Trinajstić information content (AvgIpc) is 3.57. The van der Waals surface area contributed by atoms with Crippen molar-refractivity contribution in [2.45, 2.75) is 19.5 Å². The van der Waals surface area contributed by atoms with Gasteiger partial charge >= 0.3 is 0 Å². The summed E-state index contributed by atoms with van der Waals surface area (Å²) in [4.78, 5) is 26.5. The van der Waals surface area contributed by atoms with Gasteiger partial charge in [-0.2, -0.15) is 10.2 Å². The van der Waals surface area contributed by atoms with Crippen molar-refractivity contribution >= 4 is 12.4 Å². The Morgan fingerprint density at radius 1 is 1.09 bits per heavy atom. The van der Waals surface area contributed by atoms with Gasteiger partial charge in [-0.3, -0.25) is 19.0 Å². The molecule has 1 aromatic carbocycles. The number of hydrogen-bond donors (Lipinski definition) is 1. The second-order valence-corrected chi connectivity index (χ2v) is 8.66. The Morgan fingerprint density at radius 2 is 1.88 bits per heavy atom. The van der Waals surface area contributed by atoms with Crippen LogP contribution in [0.3, 0.4) is 0 Å². The van der Waals surface area contributed by atoms with Crippen LogP contribution >= 0.6 is 0 Å². The SMILES string of the molecule is Cc1ccccc1[C@@H]1[C@H]2CN(CCn3cccn3)C[C@H]2CN1C(=O)c1ccnn1C.O=CO. The van der Waals surface area contributed by atoms with E-state index in [0.29, 0.717) is 17.5 Å². The number of aryl methyl sites for hydroxylation is 2. The van der Waals surface area contributed by atoms with E-state index in [1.807, 2.05) is 36.3 Å². The molecule has 33 heavy (non-hydrogen) atoms. The highest BCUT2D eigenvalue weighted by Crippen LogP contribution is 2.46. The van der Waals surface area contributed by atoms with Crippen LogP contribution in [-0.2, 0) is 18.4 Å². The lowest BCUT2D eigenvalue weighted by molar-refractivity contribution is -0.122. The fourth-order valence-electron chi connectivity index (χ4n) is 5.25. The molecule has 2 aliphatic heterocycles. The van der Waals surface area contributed by atoms with Crippen molar-refractivity contribution in [3.8, 4) is 0 Å². The highest BCUT2D eigenvalue weighted by Gasteiger charge is 2.49. The van der Waals surface area contributed by atoms with Crippen LogP contribution in [0.25, 0.3) is 0 Å². The van der Waals surface area contributed by atoms with Crippen LogP contribution in [0, 0.1) is 18.8 Å². The number of hydrogen-bond acceptors (Lipinski definition) is 5. The molecule has 2 fully saturated rings. The molecule has 4 heterocycles. The molecule has 9 nitrogen and oxygen atoms in total. The van der Waals surface area contributed by atoms with Crippen LogP contribution in [-0.4, -0.2) is 73.0 Å². The minimum absolute atomic E-state index is 0.0840. The van der Waals surface area contributed by atoms with E-state index in [1.54, 1.807) is 10.9 Å². The number of likely N-dealkylation sites (tertiary alicyclic amines) is 2.